The molecule has 0 saturated carbocycles. The van der Waals surface area contributed by atoms with Crippen molar-refractivity contribution in [2.45, 2.75) is 25.4 Å². The molecule has 1 atom stereocenters. The van der Waals surface area contributed by atoms with Crippen LogP contribution in [0.2, 0.25) is 0 Å². The molecule has 28 heavy (non-hydrogen) atoms. The van der Waals surface area contributed by atoms with E-state index in [4.69, 9.17) is 9.47 Å². The highest BCUT2D eigenvalue weighted by atomic mass is 19.4. The van der Waals surface area contributed by atoms with Gasteiger partial charge in [-0.05, 0) is 24.3 Å². The molecular weight excluding hydrogens is 373 g/mol. The monoisotopic (exact) mass is 392 g/mol. The molecule has 3 aromatic rings. The van der Waals surface area contributed by atoms with Gasteiger partial charge in [0.15, 0.2) is 0 Å². The van der Waals surface area contributed by atoms with E-state index in [1.165, 1.54) is 6.07 Å². The van der Waals surface area contributed by atoms with Crippen LogP contribution in [0.15, 0.2) is 36.5 Å². The second-order valence-corrected chi connectivity index (χ2v) is 6.57. The van der Waals surface area contributed by atoms with Crippen LogP contribution in [0.1, 0.15) is 23.0 Å². The second-order valence-electron chi connectivity index (χ2n) is 6.57. The van der Waals surface area contributed by atoms with Crippen LogP contribution in [-0.2, 0) is 24.1 Å². The number of hydrogen-bond donors (Lipinski definition) is 1. The summed E-state index contributed by atoms with van der Waals surface area (Å²) in [7, 11) is 1.57. The molecule has 0 fully saturated rings. The van der Waals surface area contributed by atoms with E-state index in [0.29, 0.717) is 42.4 Å². The minimum absolute atomic E-state index is 0.0758. The number of nitrogens with one attached hydrogen (secondary N) is 1. The van der Waals surface area contributed by atoms with E-state index in [1.807, 2.05) is 16.7 Å². The van der Waals surface area contributed by atoms with E-state index in [2.05, 4.69) is 15.3 Å². The third-order valence-corrected chi connectivity index (χ3v) is 4.74. The van der Waals surface area contributed by atoms with E-state index < -0.39 is 11.7 Å². The van der Waals surface area contributed by atoms with Crippen LogP contribution in [-0.4, -0.2) is 34.8 Å². The van der Waals surface area contributed by atoms with Crippen molar-refractivity contribution in [2.75, 3.05) is 20.3 Å². The van der Waals surface area contributed by atoms with Crippen LogP contribution in [0.4, 0.5) is 13.2 Å². The van der Waals surface area contributed by atoms with Crippen LogP contribution in [0, 0.1) is 0 Å². The van der Waals surface area contributed by atoms with Gasteiger partial charge in [0, 0.05) is 24.8 Å². The Kier molecular flexibility index (Phi) is 4.94. The van der Waals surface area contributed by atoms with Crippen molar-refractivity contribution >= 4 is 11.0 Å². The number of rotatable bonds is 5. The number of nitrogens with zero attached hydrogens (tertiary/aromatic N) is 3. The highest BCUT2D eigenvalue weighted by Gasteiger charge is 2.32. The quantitative estimate of drug-likeness (QED) is 0.722. The number of imidazole rings is 1. The van der Waals surface area contributed by atoms with Crippen LogP contribution in [0.25, 0.3) is 11.0 Å². The van der Waals surface area contributed by atoms with Gasteiger partial charge in [0.25, 0.3) is 0 Å². The summed E-state index contributed by atoms with van der Waals surface area (Å²) >= 11 is 0. The van der Waals surface area contributed by atoms with E-state index in [1.54, 1.807) is 13.3 Å². The van der Waals surface area contributed by atoms with Crippen LogP contribution in [0.3, 0.4) is 0 Å². The van der Waals surface area contributed by atoms with Crippen LogP contribution < -0.4 is 10.1 Å². The number of pyridine rings is 1. The molecule has 1 aliphatic rings. The Morgan fingerprint density at radius 2 is 2.18 bits per heavy atom. The van der Waals surface area contributed by atoms with Gasteiger partial charge in [-0.1, -0.05) is 6.07 Å². The smallest absolute Gasteiger partial charge is 0.416 e. The minimum Gasteiger partial charge on any atom is -0.481 e. The molecule has 1 N–H and O–H groups in total. The highest BCUT2D eigenvalue weighted by molar-refractivity contribution is 5.77. The molecule has 0 saturated heterocycles. The molecule has 0 radical (unpaired) electrons. The van der Waals surface area contributed by atoms with E-state index >= 15 is 0 Å². The first kappa shape index (κ1) is 18.7. The number of alkyl halides is 3. The molecule has 0 aliphatic carbocycles. The number of benzene rings is 1. The number of halogens is 3. The van der Waals surface area contributed by atoms with Gasteiger partial charge in [0.2, 0.25) is 5.88 Å². The molecule has 0 amide bonds. The number of ether oxygens (including phenoxy) is 2. The standard InChI is InChI=1S/C19H19F3N4O2/c1-27-18-12(3-2-6-24-18)8-23-9-14-10-28-11-17-25-15-7-13(19(20,21)22)4-5-16(15)26(14)17/h2-7,14,23H,8-11H2,1H3. The van der Waals surface area contributed by atoms with Gasteiger partial charge in [-0.25, -0.2) is 9.97 Å². The summed E-state index contributed by atoms with van der Waals surface area (Å²) in [6, 6.07) is 7.35. The average Bonchev–Trinajstić information content (AvgIpc) is 3.06. The van der Waals surface area contributed by atoms with Crippen molar-refractivity contribution in [3.8, 4) is 5.88 Å². The lowest BCUT2D eigenvalue weighted by Crippen LogP contribution is -2.32. The Balaban J connectivity index is 1.55. The van der Waals surface area contributed by atoms with Gasteiger partial charge in [-0.2, -0.15) is 13.2 Å². The Morgan fingerprint density at radius 3 is 2.96 bits per heavy atom. The lowest BCUT2D eigenvalue weighted by atomic mass is 10.2. The summed E-state index contributed by atoms with van der Waals surface area (Å²) < 4.78 is 51.8. The predicted octanol–water partition coefficient (Wildman–Crippen LogP) is 3.32. The fraction of sp³-hybridized carbons (Fsp3) is 0.368. The normalized spacial score (nSPS) is 16.9. The fourth-order valence-electron chi connectivity index (χ4n) is 3.46. The summed E-state index contributed by atoms with van der Waals surface area (Å²) in [6.45, 7) is 1.85. The zero-order valence-electron chi connectivity index (χ0n) is 15.2. The summed E-state index contributed by atoms with van der Waals surface area (Å²) in [5.74, 6) is 1.19. The van der Waals surface area contributed by atoms with Gasteiger partial charge < -0.3 is 19.4 Å². The zero-order valence-corrected chi connectivity index (χ0v) is 15.2. The maximum atomic E-state index is 13.0. The van der Waals surface area contributed by atoms with Crippen molar-refractivity contribution in [1.29, 1.82) is 0 Å². The third kappa shape index (κ3) is 3.55. The van der Waals surface area contributed by atoms with Gasteiger partial charge >= 0.3 is 6.18 Å². The van der Waals surface area contributed by atoms with Crippen molar-refractivity contribution < 1.29 is 22.6 Å². The molecule has 1 unspecified atom stereocenters. The third-order valence-electron chi connectivity index (χ3n) is 4.74. The Hall–Kier alpha value is -2.65. The van der Waals surface area contributed by atoms with Gasteiger partial charge in [-0.3, -0.25) is 0 Å². The van der Waals surface area contributed by atoms with E-state index in [0.717, 1.165) is 17.7 Å². The van der Waals surface area contributed by atoms with Gasteiger partial charge in [0.1, 0.15) is 12.4 Å². The molecule has 3 heterocycles. The molecular formula is C19H19F3N4O2. The summed E-state index contributed by atoms with van der Waals surface area (Å²) in [6.07, 6.45) is -2.73. The number of fused-ring (bicyclic) bond motifs is 3. The number of hydrogen-bond acceptors (Lipinski definition) is 5. The Bertz CT molecular complexity index is 987. The highest BCUT2D eigenvalue weighted by Crippen LogP contribution is 2.33. The first-order valence-corrected chi connectivity index (χ1v) is 8.82. The molecule has 0 spiro atoms. The van der Waals surface area contributed by atoms with Crippen molar-refractivity contribution in [3.05, 3.63) is 53.5 Å². The summed E-state index contributed by atoms with van der Waals surface area (Å²) in [5, 5.41) is 3.35. The molecule has 9 heteroatoms. The van der Waals surface area contributed by atoms with Crippen molar-refractivity contribution in [3.63, 3.8) is 0 Å². The van der Waals surface area contributed by atoms with Gasteiger partial charge in [0.05, 0.1) is 36.4 Å². The SMILES string of the molecule is COc1ncccc1CNCC1COCc2nc3cc(C(F)(F)F)ccc3n21. The van der Waals surface area contributed by atoms with Crippen molar-refractivity contribution in [1.82, 2.24) is 19.9 Å². The number of methoxy groups -OCH3 is 1. The molecule has 148 valence electrons. The molecule has 6 nitrogen and oxygen atoms in total. The minimum atomic E-state index is -4.39. The molecule has 4 rings (SSSR count). The summed E-state index contributed by atoms with van der Waals surface area (Å²) in [5.41, 5.74) is 1.23. The largest absolute Gasteiger partial charge is 0.481 e. The summed E-state index contributed by atoms with van der Waals surface area (Å²) in [4.78, 5) is 8.52. The lowest BCUT2D eigenvalue weighted by molar-refractivity contribution is -0.137. The van der Waals surface area contributed by atoms with Crippen LogP contribution >= 0.6 is 0 Å². The lowest BCUT2D eigenvalue weighted by Gasteiger charge is -2.26. The maximum absolute atomic E-state index is 13.0. The fourth-order valence-corrected chi connectivity index (χ4v) is 3.46. The zero-order chi connectivity index (χ0) is 19.7. The first-order chi connectivity index (χ1) is 13.5. The predicted molar refractivity (Wildman–Crippen MR) is 95.9 cm³/mol. The molecule has 1 aliphatic heterocycles. The topological polar surface area (TPSA) is 61.2 Å². The Labute approximate surface area is 159 Å². The maximum Gasteiger partial charge on any atom is 0.416 e. The molecule has 2 aromatic heterocycles. The van der Waals surface area contributed by atoms with Crippen LogP contribution in [0.5, 0.6) is 5.88 Å². The molecule has 0 bridgehead atoms. The first-order valence-electron chi connectivity index (χ1n) is 8.82. The Morgan fingerprint density at radius 1 is 1.32 bits per heavy atom. The molecule has 1 aromatic carbocycles. The van der Waals surface area contributed by atoms with E-state index in [9.17, 15) is 13.2 Å². The average molecular weight is 392 g/mol. The second kappa shape index (κ2) is 7.40. The van der Waals surface area contributed by atoms with E-state index in [-0.39, 0.29) is 12.6 Å². The van der Waals surface area contributed by atoms with Gasteiger partial charge in [-0.15, -0.1) is 0 Å². The number of aromatic nitrogens is 3. The van der Waals surface area contributed by atoms with Crippen molar-refractivity contribution in [2.24, 2.45) is 0 Å².